The maximum absolute atomic E-state index is 11.6. The first kappa shape index (κ1) is 12.6. The van der Waals surface area contributed by atoms with E-state index < -0.39 is 0 Å². The van der Waals surface area contributed by atoms with E-state index in [0.29, 0.717) is 10.6 Å². The molecule has 0 aliphatic heterocycles. The lowest BCUT2D eigenvalue weighted by Crippen LogP contribution is -1.96. The number of aromatic nitrogens is 1. The number of nitrogens with two attached hydrogens (primary N) is 1. The lowest BCUT2D eigenvalue weighted by molar-refractivity contribution is 0.0606. The van der Waals surface area contributed by atoms with Gasteiger partial charge in [-0.2, -0.15) is 0 Å². The largest absolute Gasteiger partial charge is 0.465 e. The number of nitrogen functional groups attached to an aromatic ring is 1. The molecule has 0 amide bonds. The van der Waals surface area contributed by atoms with E-state index in [-0.39, 0.29) is 5.97 Å². The van der Waals surface area contributed by atoms with E-state index in [1.54, 1.807) is 12.4 Å². The number of benzene rings is 1. The number of thiophene rings is 1. The molecule has 1 aromatic carbocycles. The van der Waals surface area contributed by atoms with Crippen LogP contribution in [0, 0.1) is 0 Å². The monoisotopic (exact) mass is 284 g/mol. The van der Waals surface area contributed by atoms with Crippen molar-refractivity contribution in [2.45, 2.75) is 0 Å². The molecule has 3 aromatic rings. The number of methoxy groups -OCH3 is 1. The molecular formula is C15H12N2O2S. The summed E-state index contributed by atoms with van der Waals surface area (Å²) in [4.78, 5) is 16.4. The van der Waals surface area contributed by atoms with Crippen LogP contribution in [0.2, 0.25) is 0 Å². The van der Waals surface area contributed by atoms with Crippen LogP contribution in [0.5, 0.6) is 0 Å². The van der Waals surface area contributed by atoms with Gasteiger partial charge in [0.1, 0.15) is 4.88 Å². The number of anilines is 1. The Bertz CT molecular complexity index is 795. The van der Waals surface area contributed by atoms with Crippen LogP contribution in [0.15, 0.2) is 42.7 Å². The second-order valence-electron chi connectivity index (χ2n) is 4.33. The van der Waals surface area contributed by atoms with Crippen molar-refractivity contribution in [1.29, 1.82) is 0 Å². The number of hydrogen-bond donors (Lipinski definition) is 1. The second-order valence-corrected chi connectivity index (χ2v) is 5.41. The Morgan fingerprint density at radius 1 is 1.30 bits per heavy atom. The van der Waals surface area contributed by atoms with Gasteiger partial charge >= 0.3 is 5.97 Å². The molecule has 5 heteroatoms. The molecule has 0 unspecified atom stereocenters. The summed E-state index contributed by atoms with van der Waals surface area (Å²) in [5, 5.41) is 0.982. The Labute approximate surface area is 119 Å². The molecule has 0 saturated heterocycles. The number of nitrogens with zero attached hydrogens (tertiary/aromatic N) is 1. The highest BCUT2D eigenvalue weighted by molar-refractivity contribution is 7.20. The van der Waals surface area contributed by atoms with E-state index in [1.807, 2.05) is 30.3 Å². The molecule has 0 spiro atoms. The SMILES string of the molecule is COC(=O)c1cc2c(-c3cccc(N)c3)cncc2s1. The molecule has 0 bridgehead atoms. The standard InChI is InChI=1S/C15H12N2O2S/c1-19-15(18)13-6-11-12(7-17-8-14(11)20-13)9-3-2-4-10(16)5-9/h2-8H,16H2,1H3. The lowest BCUT2D eigenvalue weighted by atomic mass is 10.0. The van der Waals surface area contributed by atoms with E-state index in [0.717, 1.165) is 21.2 Å². The number of pyridine rings is 1. The summed E-state index contributed by atoms with van der Waals surface area (Å²) < 4.78 is 5.71. The molecule has 3 rings (SSSR count). The van der Waals surface area contributed by atoms with Crippen molar-refractivity contribution in [2.75, 3.05) is 12.8 Å². The van der Waals surface area contributed by atoms with E-state index in [9.17, 15) is 4.79 Å². The molecule has 4 nitrogen and oxygen atoms in total. The zero-order chi connectivity index (χ0) is 14.1. The topological polar surface area (TPSA) is 65.2 Å². The van der Waals surface area contributed by atoms with Gasteiger partial charge in [0.2, 0.25) is 0 Å². The van der Waals surface area contributed by atoms with Crippen LogP contribution < -0.4 is 5.73 Å². The van der Waals surface area contributed by atoms with Crippen molar-refractivity contribution >= 4 is 33.1 Å². The highest BCUT2D eigenvalue weighted by atomic mass is 32.1. The fraction of sp³-hybridized carbons (Fsp3) is 0.0667. The molecule has 0 aliphatic carbocycles. The Morgan fingerprint density at radius 2 is 2.15 bits per heavy atom. The summed E-state index contributed by atoms with van der Waals surface area (Å²) in [6, 6.07) is 9.45. The third kappa shape index (κ3) is 2.12. The minimum atomic E-state index is -0.329. The Hall–Kier alpha value is -2.40. The minimum absolute atomic E-state index is 0.329. The van der Waals surface area contributed by atoms with Crippen molar-refractivity contribution in [3.05, 3.63) is 47.6 Å². The van der Waals surface area contributed by atoms with Gasteiger partial charge in [-0.1, -0.05) is 12.1 Å². The molecule has 2 N–H and O–H groups in total. The van der Waals surface area contributed by atoms with Crippen LogP contribution >= 0.6 is 11.3 Å². The molecular weight excluding hydrogens is 272 g/mol. The molecule has 0 radical (unpaired) electrons. The number of ether oxygens (including phenoxy) is 1. The van der Waals surface area contributed by atoms with E-state index in [2.05, 4.69) is 4.98 Å². The fourth-order valence-electron chi connectivity index (χ4n) is 2.10. The number of hydrogen-bond acceptors (Lipinski definition) is 5. The first-order valence-electron chi connectivity index (χ1n) is 6.01. The summed E-state index contributed by atoms with van der Waals surface area (Å²) in [5.74, 6) is -0.329. The average molecular weight is 284 g/mol. The summed E-state index contributed by atoms with van der Waals surface area (Å²) in [6.07, 6.45) is 3.53. The summed E-state index contributed by atoms with van der Waals surface area (Å²) >= 11 is 1.37. The van der Waals surface area contributed by atoms with E-state index in [1.165, 1.54) is 18.4 Å². The van der Waals surface area contributed by atoms with Crippen molar-refractivity contribution < 1.29 is 9.53 Å². The molecule has 2 heterocycles. The number of fused-ring (bicyclic) bond motifs is 1. The van der Waals surface area contributed by atoms with Crippen LogP contribution in [0.1, 0.15) is 9.67 Å². The normalized spacial score (nSPS) is 10.7. The minimum Gasteiger partial charge on any atom is -0.465 e. The number of esters is 1. The summed E-state index contributed by atoms with van der Waals surface area (Å²) in [5.41, 5.74) is 8.46. The number of carbonyl (C=O) groups is 1. The van der Waals surface area contributed by atoms with Gasteiger partial charge in [0.05, 0.1) is 11.8 Å². The van der Waals surface area contributed by atoms with Crippen LogP contribution in [0.4, 0.5) is 5.69 Å². The van der Waals surface area contributed by atoms with Gasteiger partial charge in [-0.15, -0.1) is 11.3 Å². The Morgan fingerprint density at radius 3 is 2.90 bits per heavy atom. The second kappa shape index (κ2) is 4.94. The molecule has 2 aromatic heterocycles. The van der Waals surface area contributed by atoms with E-state index >= 15 is 0 Å². The molecule has 0 fully saturated rings. The van der Waals surface area contributed by atoms with Crippen LogP contribution in [-0.2, 0) is 4.74 Å². The molecule has 0 saturated carbocycles. The van der Waals surface area contributed by atoms with Gasteiger partial charge in [0, 0.05) is 29.0 Å². The highest BCUT2D eigenvalue weighted by Crippen LogP contribution is 2.34. The van der Waals surface area contributed by atoms with Gasteiger partial charge in [-0.05, 0) is 23.8 Å². The number of rotatable bonds is 2. The van der Waals surface area contributed by atoms with Crippen LogP contribution in [0.25, 0.3) is 21.2 Å². The summed E-state index contributed by atoms with van der Waals surface area (Å²) in [6.45, 7) is 0. The summed E-state index contributed by atoms with van der Waals surface area (Å²) in [7, 11) is 1.38. The maximum Gasteiger partial charge on any atom is 0.348 e. The first-order chi connectivity index (χ1) is 9.69. The van der Waals surface area contributed by atoms with Gasteiger partial charge < -0.3 is 10.5 Å². The molecule has 0 aliphatic rings. The quantitative estimate of drug-likeness (QED) is 0.579. The first-order valence-corrected chi connectivity index (χ1v) is 6.82. The predicted molar refractivity (Wildman–Crippen MR) is 80.8 cm³/mol. The smallest absolute Gasteiger partial charge is 0.348 e. The van der Waals surface area contributed by atoms with E-state index in [4.69, 9.17) is 10.5 Å². The van der Waals surface area contributed by atoms with Gasteiger partial charge in [-0.3, -0.25) is 4.98 Å². The predicted octanol–water partition coefficient (Wildman–Crippen LogP) is 3.33. The van der Waals surface area contributed by atoms with Crippen molar-refractivity contribution in [3.8, 4) is 11.1 Å². The lowest BCUT2D eigenvalue weighted by Gasteiger charge is -2.03. The van der Waals surface area contributed by atoms with Gasteiger partial charge in [0.15, 0.2) is 0 Å². The fourth-order valence-corrected chi connectivity index (χ4v) is 3.07. The van der Waals surface area contributed by atoms with Crippen molar-refractivity contribution in [2.24, 2.45) is 0 Å². The Kier molecular flexibility index (Phi) is 3.12. The Balaban J connectivity index is 2.21. The number of carbonyl (C=O) groups excluding carboxylic acids is 1. The maximum atomic E-state index is 11.6. The van der Waals surface area contributed by atoms with Gasteiger partial charge in [-0.25, -0.2) is 4.79 Å². The highest BCUT2D eigenvalue weighted by Gasteiger charge is 2.13. The molecule has 100 valence electrons. The zero-order valence-corrected chi connectivity index (χ0v) is 11.6. The van der Waals surface area contributed by atoms with Crippen LogP contribution in [0.3, 0.4) is 0 Å². The van der Waals surface area contributed by atoms with Gasteiger partial charge in [0.25, 0.3) is 0 Å². The third-order valence-electron chi connectivity index (χ3n) is 3.03. The molecule has 0 atom stereocenters. The van der Waals surface area contributed by atoms with Crippen molar-refractivity contribution in [3.63, 3.8) is 0 Å². The third-order valence-corrected chi connectivity index (χ3v) is 4.08. The van der Waals surface area contributed by atoms with Crippen LogP contribution in [-0.4, -0.2) is 18.1 Å². The zero-order valence-electron chi connectivity index (χ0n) is 10.8. The molecule has 20 heavy (non-hydrogen) atoms. The average Bonchev–Trinajstić information content (AvgIpc) is 2.90. The van der Waals surface area contributed by atoms with Crippen molar-refractivity contribution in [1.82, 2.24) is 4.98 Å².